The number of benzene rings is 2. The summed E-state index contributed by atoms with van der Waals surface area (Å²) in [6, 6.07) is 7.97. The molecule has 0 atom stereocenters. The zero-order valence-corrected chi connectivity index (χ0v) is 19.7. The number of aromatic nitrogens is 6. The molecule has 182 valence electrons. The lowest BCUT2D eigenvalue weighted by Gasteiger charge is -2.26. The van der Waals surface area contributed by atoms with Gasteiger partial charge in [-0.2, -0.15) is 5.10 Å². The fourth-order valence-corrected chi connectivity index (χ4v) is 3.82. The van der Waals surface area contributed by atoms with Crippen LogP contribution in [-0.4, -0.2) is 43.9 Å². The Morgan fingerprint density at radius 1 is 0.917 bits per heavy atom. The van der Waals surface area contributed by atoms with E-state index < -0.39 is 11.6 Å². The number of anilines is 2. The molecule has 0 saturated carbocycles. The Balaban J connectivity index is 1.69. The SMILES string of the molecule is COc1cc(OC)c(F)c(N(Cc2ncccn2)c2ccc3ncc(-c4cnn(C)c4)nc3c2)c1F. The van der Waals surface area contributed by atoms with E-state index in [1.165, 1.54) is 19.1 Å². The Morgan fingerprint density at radius 3 is 2.28 bits per heavy atom. The number of halogens is 2. The molecule has 3 aromatic heterocycles. The molecule has 0 radical (unpaired) electrons. The normalized spacial score (nSPS) is 11.0. The minimum absolute atomic E-state index is 0.0355. The number of aryl methyl sites for hydroxylation is 1. The lowest BCUT2D eigenvalue weighted by molar-refractivity contribution is 0.358. The molecule has 0 aliphatic carbocycles. The van der Waals surface area contributed by atoms with Crippen molar-refractivity contribution in [2.45, 2.75) is 6.54 Å². The van der Waals surface area contributed by atoms with Crippen molar-refractivity contribution in [1.29, 1.82) is 0 Å². The first-order chi connectivity index (χ1) is 17.5. The third-order valence-corrected chi connectivity index (χ3v) is 5.58. The van der Waals surface area contributed by atoms with Crippen LogP contribution in [0.15, 0.2) is 61.3 Å². The fraction of sp³-hybridized carbons (Fsp3) is 0.160. The number of methoxy groups -OCH3 is 2. The van der Waals surface area contributed by atoms with Crippen LogP contribution >= 0.6 is 0 Å². The summed E-state index contributed by atoms with van der Waals surface area (Å²) in [6.07, 6.45) is 8.29. The topological polar surface area (TPSA) is 91.1 Å². The van der Waals surface area contributed by atoms with E-state index in [0.717, 1.165) is 11.6 Å². The molecule has 3 heterocycles. The number of ether oxygens (including phenoxy) is 2. The van der Waals surface area contributed by atoms with E-state index in [9.17, 15) is 0 Å². The van der Waals surface area contributed by atoms with Gasteiger partial charge < -0.3 is 14.4 Å². The van der Waals surface area contributed by atoms with Crippen LogP contribution in [0.4, 0.5) is 20.2 Å². The highest BCUT2D eigenvalue weighted by atomic mass is 19.1. The summed E-state index contributed by atoms with van der Waals surface area (Å²) < 4.78 is 43.1. The van der Waals surface area contributed by atoms with Crippen molar-refractivity contribution in [3.63, 3.8) is 0 Å². The predicted molar refractivity (Wildman–Crippen MR) is 129 cm³/mol. The summed E-state index contributed by atoms with van der Waals surface area (Å²) in [5.41, 5.74) is 2.64. The second kappa shape index (κ2) is 9.53. The summed E-state index contributed by atoms with van der Waals surface area (Å²) >= 11 is 0. The second-order valence-electron chi connectivity index (χ2n) is 7.84. The van der Waals surface area contributed by atoms with Crippen molar-refractivity contribution in [3.05, 3.63) is 78.8 Å². The van der Waals surface area contributed by atoms with Crippen LogP contribution < -0.4 is 14.4 Å². The molecular formula is C25H21F2N7O2. The van der Waals surface area contributed by atoms with Crippen molar-refractivity contribution in [1.82, 2.24) is 29.7 Å². The quantitative estimate of drug-likeness (QED) is 0.331. The number of rotatable bonds is 7. The molecule has 0 amide bonds. The van der Waals surface area contributed by atoms with Gasteiger partial charge in [-0.1, -0.05) is 0 Å². The summed E-state index contributed by atoms with van der Waals surface area (Å²) in [5.74, 6) is -1.75. The average Bonchev–Trinajstić information content (AvgIpc) is 3.34. The van der Waals surface area contributed by atoms with E-state index >= 15 is 8.78 Å². The van der Waals surface area contributed by atoms with Gasteiger partial charge in [0, 0.05) is 43.0 Å². The average molecular weight is 489 g/mol. The molecule has 2 aromatic carbocycles. The molecule has 0 spiro atoms. The molecule has 0 fully saturated rings. The van der Waals surface area contributed by atoms with Gasteiger partial charge in [0.15, 0.2) is 23.1 Å². The molecule has 0 saturated heterocycles. The molecule has 0 unspecified atom stereocenters. The van der Waals surface area contributed by atoms with Crippen molar-refractivity contribution >= 4 is 22.4 Å². The highest BCUT2D eigenvalue weighted by molar-refractivity contribution is 5.83. The molecular weight excluding hydrogens is 468 g/mol. The summed E-state index contributed by atoms with van der Waals surface area (Å²) in [7, 11) is 4.41. The van der Waals surface area contributed by atoms with Crippen molar-refractivity contribution < 1.29 is 18.3 Å². The van der Waals surface area contributed by atoms with Gasteiger partial charge in [0.1, 0.15) is 11.5 Å². The van der Waals surface area contributed by atoms with Gasteiger partial charge in [-0.3, -0.25) is 9.67 Å². The van der Waals surface area contributed by atoms with E-state index in [4.69, 9.17) is 14.5 Å². The van der Waals surface area contributed by atoms with Gasteiger partial charge >= 0.3 is 0 Å². The molecule has 5 aromatic rings. The summed E-state index contributed by atoms with van der Waals surface area (Å²) in [5, 5.41) is 4.18. The van der Waals surface area contributed by atoms with E-state index in [1.54, 1.807) is 53.7 Å². The maximum absolute atomic E-state index is 15.5. The van der Waals surface area contributed by atoms with E-state index in [1.807, 2.05) is 13.2 Å². The molecule has 0 aliphatic heterocycles. The maximum atomic E-state index is 15.5. The minimum Gasteiger partial charge on any atom is -0.493 e. The Hall–Kier alpha value is -4.67. The number of nitrogens with zero attached hydrogens (tertiary/aromatic N) is 7. The van der Waals surface area contributed by atoms with Crippen LogP contribution in [-0.2, 0) is 13.6 Å². The second-order valence-corrected chi connectivity index (χ2v) is 7.84. The first-order valence-corrected chi connectivity index (χ1v) is 10.9. The van der Waals surface area contributed by atoms with Gasteiger partial charge in [-0.25, -0.2) is 23.7 Å². The van der Waals surface area contributed by atoms with Crippen LogP contribution in [0.3, 0.4) is 0 Å². The lowest BCUT2D eigenvalue weighted by Crippen LogP contribution is -2.21. The molecule has 5 rings (SSSR count). The number of hydrogen-bond donors (Lipinski definition) is 0. The summed E-state index contributed by atoms with van der Waals surface area (Å²) in [6.45, 7) is -0.0355. The first-order valence-electron chi connectivity index (χ1n) is 10.9. The van der Waals surface area contributed by atoms with Crippen LogP contribution in [0.25, 0.3) is 22.3 Å². The highest BCUT2D eigenvalue weighted by Crippen LogP contribution is 2.41. The Bertz CT molecular complexity index is 1510. The van der Waals surface area contributed by atoms with E-state index in [0.29, 0.717) is 28.2 Å². The molecule has 0 N–H and O–H groups in total. The molecule has 11 heteroatoms. The standard InChI is InChI=1S/C25H21F2N7O2/c1-33-13-15(11-31-33)19-12-30-17-6-5-16(9-18(17)32-19)34(14-22-28-7-4-8-29-22)25-23(26)20(35-2)10-21(36-3)24(25)27/h4-13H,14H2,1-3H3. The van der Waals surface area contributed by atoms with Crippen molar-refractivity contribution in [2.75, 3.05) is 19.1 Å². The third-order valence-electron chi connectivity index (χ3n) is 5.58. The van der Waals surface area contributed by atoms with Crippen LogP contribution in [0.1, 0.15) is 5.82 Å². The zero-order valence-electron chi connectivity index (χ0n) is 19.7. The zero-order chi connectivity index (χ0) is 25.2. The molecule has 0 aliphatic rings. The Labute approximate surface area is 205 Å². The Kier molecular flexibility index (Phi) is 6.11. The maximum Gasteiger partial charge on any atom is 0.191 e. The molecule has 9 nitrogen and oxygen atoms in total. The predicted octanol–water partition coefficient (Wildman–Crippen LogP) is 4.45. The first kappa shape index (κ1) is 23.1. The van der Waals surface area contributed by atoms with Gasteiger partial charge in [-0.05, 0) is 24.3 Å². The number of hydrogen-bond acceptors (Lipinski definition) is 8. The highest BCUT2D eigenvalue weighted by Gasteiger charge is 2.27. The van der Waals surface area contributed by atoms with Gasteiger partial charge in [0.05, 0.1) is 49.9 Å². The van der Waals surface area contributed by atoms with Crippen molar-refractivity contribution in [2.24, 2.45) is 7.05 Å². The van der Waals surface area contributed by atoms with Crippen LogP contribution in [0.2, 0.25) is 0 Å². The number of fused-ring (bicyclic) bond motifs is 1. The minimum atomic E-state index is -0.887. The van der Waals surface area contributed by atoms with E-state index in [2.05, 4.69) is 20.1 Å². The smallest absolute Gasteiger partial charge is 0.191 e. The largest absolute Gasteiger partial charge is 0.493 e. The Morgan fingerprint density at radius 2 is 1.64 bits per heavy atom. The van der Waals surface area contributed by atoms with Gasteiger partial charge in [-0.15, -0.1) is 0 Å². The van der Waals surface area contributed by atoms with Gasteiger partial charge in [0.2, 0.25) is 0 Å². The van der Waals surface area contributed by atoms with Gasteiger partial charge in [0.25, 0.3) is 0 Å². The van der Waals surface area contributed by atoms with Crippen LogP contribution in [0, 0.1) is 11.6 Å². The molecule has 36 heavy (non-hydrogen) atoms. The van der Waals surface area contributed by atoms with Crippen molar-refractivity contribution in [3.8, 4) is 22.8 Å². The molecule has 0 bridgehead atoms. The third kappa shape index (κ3) is 4.26. The van der Waals surface area contributed by atoms with E-state index in [-0.39, 0.29) is 23.7 Å². The summed E-state index contributed by atoms with van der Waals surface area (Å²) in [4.78, 5) is 19.1. The monoisotopic (exact) mass is 489 g/mol. The van der Waals surface area contributed by atoms with Crippen LogP contribution in [0.5, 0.6) is 11.5 Å². The fourth-order valence-electron chi connectivity index (χ4n) is 3.82. The lowest BCUT2D eigenvalue weighted by atomic mass is 10.1.